The van der Waals surface area contributed by atoms with Crippen LogP contribution in [0.3, 0.4) is 0 Å². The van der Waals surface area contributed by atoms with Crippen molar-refractivity contribution in [1.82, 2.24) is 5.32 Å². The number of aryl methyl sites for hydroxylation is 2. The summed E-state index contributed by atoms with van der Waals surface area (Å²) in [6.07, 6.45) is 1.84. The lowest BCUT2D eigenvalue weighted by Gasteiger charge is -2.17. The Morgan fingerprint density at radius 2 is 2.18 bits per heavy atom. The monoisotopic (exact) mass is 239 g/mol. The third-order valence-electron chi connectivity index (χ3n) is 2.93. The van der Waals surface area contributed by atoms with Gasteiger partial charge in [-0.25, -0.2) is 4.39 Å². The highest BCUT2D eigenvalue weighted by Crippen LogP contribution is 2.13. The van der Waals surface area contributed by atoms with E-state index in [9.17, 15) is 4.39 Å². The maximum Gasteiger partial charge on any atom is 0.123 e. The van der Waals surface area contributed by atoms with Gasteiger partial charge < -0.3 is 10.1 Å². The highest BCUT2D eigenvalue weighted by molar-refractivity contribution is 5.26. The minimum atomic E-state index is -0.155. The van der Waals surface area contributed by atoms with Crippen LogP contribution in [0, 0.1) is 12.7 Å². The number of hydrogen-bond acceptors (Lipinski definition) is 2. The topological polar surface area (TPSA) is 21.3 Å². The molecule has 0 amide bonds. The van der Waals surface area contributed by atoms with Gasteiger partial charge in [-0.05, 0) is 49.6 Å². The normalized spacial score (nSPS) is 12.7. The Bertz CT molecular complexity index is 335. The van der Waals surface area contributed by atoms with Crippen molar-refractivity contribution in [3.05, 3.63) is 35.1 Å². The Hall–Kier alpha value is -0.930. The third kappa shape index (κ3) is 4.84. The summed E-state index contributed by atoms with van der Waals surface area (Å²) in [5, 5.41) is 3.37. The van der Waals surface area contributed by atoms with E-state index in [0.29, 0.717) is 12.6 Å². The van der Waals surface area contributed by atoms with Crippen molar-refractivity contribution in [2.75, 3.05) is 20.3 Å². The fourth-order valence-corrected chi connectivity index (χ4v) is 1.97. The maximum absolute atomic E-state index is 13.1. The molecule has 3 heteroatoms. The molecule has 96 valence electrons. The van der Waals surface area contributed by atoms with Crippen molar-refractivity contribution in [3.63, 3.8) is 0 Å². The van der Waals surface area contributed by atoms with Crippen molar-refractivity contribution < 1.29 is 9.13 Å². The largest absolute Gasteiger partial charge is 0.383 e. The summed E-state index contributed by atoms with van der Waals surface area (Å²) in [5.74, 6) is -0.155. The maximum atomic E-state index is 13.1. The molecule has 0 saturated heterocycles. The summed E-state index contributed by atoms with van der Waals surface area (Å²) in [7, 11) is 1.71. The Morgan fingerprint density at radius 3 is 2.82 bits per heavy atom. The Morgan fingerprint density at radius 1 is 1.41 bits per heavy atom. The van der Waals surface area contributed by atoms with Crippen molar-refractivity contribution in [2.45, 2.75) is 32.7 Å². The highest BCUT2D eigenvalue weighted by atomic mass is 19.1. The van der Waals surface area contributed by atoms with E-state index >= 15 is 0 Å². The molecule has 0 aromatic heterocycles. The molecule has 17 heavy (non-hydrogen) atoms. The van der Waals surface area contributed by atoms with E-state index in [4.69, 9.17) is 4.74 Å². The van der Waals surface area contributed by atoms with Crippen molar-refractivity contribution >= 4 is 0 Å². The molecule has 0 aliphatic carbocycles. The minimum Gasteiger partial charge on any atom is -0.383 e. The van der Waals surface area contributed by atoms with E-state index in [0.717, 1.165) is 30.5 Å². The van der Waals surface area contributed by atoms with Crippen LogP contribution in [0.25, 0.3) is 0 Å². The molecule has 0 heterocycles. The van der Waals surface area contributed by atoms with Gasteiger partial charge in [-0.15, -0.1) is 0 Å². The van der Waals surface area contributed by atoms with Gasteiger partial charge in [0.2, 0.25) is 0 Å². The van der Waals surface area contributed by atoms with Crippen LogP contribution in [0.5, 0.6) is 0 Å². The minimum absolute atomic E-state index is 0.155. The summed E-state index contributed by atoms with van der Waals surface area (Å²) in [5.41, 5.74) is 2.24. The summed E-state index contributed by atoms with van der Waals surface area (Å²) in [4.78, 5) is 0. The summed E-state index contributed by atoms with van der Waals surface area (Å²) >= 11 is 0. The lowest BCUT2D eigenvalue weighted by Crippen LogP contribution is -2.33. The smallest absolute Gasteiger partial charge is 0.123 e. The molecule has 1 aromatic rings. The van der Waals surface area contributed by atoms with Gasteiger partial charge in [-0.1, -0.05) is 13.0 Å². The average Bonchev–Trinajstić information content (AvgIpc) is 2.30. The molecule has 0 spiro atoms. The van der Waals surface area contributed by atoms with Gasteiger partial charge in [-0.2, -0.15) is 0 Å². The first-order valence-corrected chi connectivity index (χ1v) is 6.14. The molecule has 2 nitrogen and oxygen atoms in total. The van der Waals surface area contributed by atoms with Crippen molar-refractivity contribution in [2.24, 2.45) is 0 Å². The number of nitrogens with one attached hydrogen (secondary N) is 1. The van der Waals surface area contributed by atoms with Crippen molar-refractivity contribution in [3.8, 4) is 0 Å². The molecule has 1 aromatic carbocycles. The van der Waals surface area contributed by atoms with E-state index in [1.54, 1.807) is 13.2 Å². The van der Waals surface area contributed by atoms with Gasteiger partial charge >= 0.3 is 0 Å². The molecule has 1 N–H and O–H groups in total. The van der Waals surface area contributed by atoms with E-state index in [1.165, 1.54) is 6.07 Å². The molecule has 1 unspecified atom stereocenters. The predicted molar refractivity (Wildman–Crippen MR) is 68.8 cm³/mol. The molecule has 0 saturated carbocycles. The van der Waals surface area contributed by atoms with Crippen LogP contribution >= 0.6 is 0 Å². The van der Waals surface area contributed by atoms with Crippen LogP contribution in [0.2, 0.25) is 0 Å². The summed E-state index contributed by atoms with van der Waals surface area (Å²) < 4.78 is 18.3. The van der Waals surface area contributed by atoms with E-state index in [2.05, 4.69) is 12.2 Å². The second-order valence-electron chi connectivity index (χ2n) is 4.32. The number of halogens is 1. The van der Waals surface area contributed by atoms with Gasteiger partial charge in [0.1, 0.15) is 5.82 Å². The zero-order chi connectivity index (χ0) is 12.7. The molecule has 0 aliphatic rings. The molecule has 0 bridgehead atoms. The second-order valence-corrected chi connectivity index (χ2v) is 4.32. The standard InChI is InChI=1S/C14H22FNO/c1-4-16-14(10-17-3)8-6-12-9-13(15)7-5-11(12)2/h5,7,9,14,16H,4,6,8,10H2,1-3H3. The molecule has 1 rings (SSSR count). The van der Waals surface area contributed by atoms with Crippen LogP contribution in [0.15, 0.2) is 18.2 Å². The predicted octanol–water partition coefficient (Wildman–Crippen LogP) is 2.69. The lowest BCUT2D eigenvalue weighted by atomic mass is 10.0. The Labute approximate surface area is 103 Å². The van der Waals surface area contributed by atoms with Gasteiger partial charge in [-0.3, -0.25) is 0 Å². The SMILES string of the molecule is CCNC(CCc1cc(F)ccc1C)COC. The van der Waals surface area contributed by atoms with E-state index in [1.807, 2.05) is 13.0 Å². The van der Waals surface area contributed by atoms with Crippen LogP contribution < -0.4 is 5.32 Å². The zero-order valence-electron chi connectivity index (χ0n) is 10.9. The van der Waals surface area contributed by atoms with Gasteiger partial charge in [0, 0.05) is 13.2 Å². The Kier molecular flexibility index (Phi) is 6.16. The fourth-order valence-electron chi connectivity index (χ4n) is 1.97. The zero-order valence-corrected chi connectivity index (χ0v) is 10.9. The number of likely N-dealkylation sites (N-methyl/N-ethyl adjacent to an activating group) is 1. The number of hydrogen-bond donors (Lipinski definition) is 1. The first kappa shape index (κ1) is 14.1. The number of benzene rings is 1. The Balaban J connectivity index is 2.55. The molecular formula is C14H22FNO. The van der Waals surface area contributed by atoms with Gasteiger partial charge in [0.15, 0.2) is 0 Å². The number of rotatable bonds is 7. The van der Waals surface area contributed by atoms with Crippen LogP contribution in [0.4, 0.5) is 4.39 Å². The number of ether oxygens (including phenoxy) is 1. The lowest BCUT2D eigenvalue weighted by molar-refractivity contribution is 0.163. The highest BCUT2D eigenvalue weighted by Gasteiger charge is 2.08. The van der Waals surface area contributed by atoms with Crippen LogP contribution in [0.1, 0.15) is 24.5 Å². The molecule has 0 aliphatic heterocycles. The molecule has 1 atom stereocenters. The van der Waals surface area contributed by atoms with Crippen LogP contribution in [-0.4, -0.2) is 26.3 Å². The van der Waals surface area contributed by atoms with E-state index < -0.39 is 0 Å². The van der Waals surface area contributed by atoms with E-state index in [-0.39, 0.29) is 5.82 Å². The van der Waals surface area contributed by atoms with Gasteiger partial charge in [0.25, 0.3) is 0 Å². The molecule has 0 fully saturated rings. The van der Waals surface area contributed by atoms with Crippen LogP contribution in [-0.2, 0) is 11.2 Å². The first-order valence-electron chi connectivity index (χ1n) is 6.14. The quantitative estimate of drug-likeness (QED) is 0.790. The first-order chi connectivity index (χ1) is 8.17. The second kappa shape index (κ2) is 7.41. The summed E-state index contributed by atoms with van der Waals surface area (Å²) in [6.45, 7) is 5.72. The molecular weight excluding hydrogens is 217 g/mol. The molecule has 0 radical (unpaired) electrons. The fraction of sp³-hybridized carbons (Fsp3) is 0.571. The third-order valence-corrected chi connectivity index (χ3v) is 2.93. The van der Waals surface area contributed by atoms with Gasteiger partial charge in [0.05, 0.1) is 6.61 Å². The average molecular weight is 239 g/mol. The number of methoxy groups -OCH3 is 1. The van der Waals surface area contributed by atoms with Crippen molar-refractivity contribution in [1.29, 1.82) is 0 Å². The summed E-state index contributed by atoms with van der Waals surface area (Å²) in [6, 6.07) is 5.32.